The number of allylic oxidation sites excluding steroid dienone is 2. The molecule has 0 saturated carbocycles. The highest BCUT2D eigenvalue weighted by Crippen LogP contribution is 2.21. The fourth-order valence-corrected chi connectivity index (χ4v) is 5.63. The summed E-state index contributed by atoms with van der Waals surface area (Å²) in [4.78, 5) is 29.6. The highest BCUT2D eigenvalue weighted by molar-refractivity contribution is 7.11. The minimum absolute atomic E-state index is 0.00941. The number of aliphatic imine (C=N–C) groups is 2. The molecule has 176 valence electrons. The zero-order chi connectivity index (χ0) is 23.7. The Hall–Kier alpha value is -3.26. The lowest BCUT2D eigenvalue weighted by molar-refractivity contribution is 0.208. The van der Waals surface area contributed by atoms with E-state index in [4.69, 9.17) is 0 Å². The van der Waals surface area contributed by atoms with E-state index >= 15 is 0 Å². The lowest BCUT2D eigenvalue weighted by Gasteiger charge is -2.21. The maximum Gasteiger partial charge on any atom is 0.318 e. The molecule has 0 bridgehead atoms. The summed E-state index contributed by atoms with van der Waals surface area (Å²) in [5.74, 6) is 0.908. The van der Waals surface area contributed by atoms with Gasteiger partial charge in [-0.1, -0.05) is 35.9 Å². The first-order valence-electron chi connectivity index (χ1n) is 11.7. The number of nitrogens with one attached hydrogen (secondary N) is 2. The molecular weight excluding hydrogens is 444 g/mol. The number of fused-ring (bicyclic) bond motifs is 2. The molecule has 2 amide bonds. The van der Waals surface area contributed by atoms with Crippen molar-refractivity contribution in [3.05, 3.63) is 62.1 Å². The molecule has 1 atom stereocenters. The van der Waals surface area contributed by atoms with Gasteiger partial charge in [0.2, 0.25) is 0 Å². The third-order valence-corrected chi connectivity index (χ3v) is 7.65. The molecule has 1 fully saturated rings. The minimum Gasteiger partial charge on any atom is -0.344 e. The Bertz CT molecular complexity index is 1340. The first-order chi connectivity index (χ1) is 16.5. The summed E-state index contributed by atoms with van der Waals surface area (Å²) in [6, 6.07) is 8.45. The van der Waals surface area contributed by atoms with Gasteiger partial charge in [-0.05, 0) is 50.1 Å². The Morgan fingerprint density at radius 3 is 2.88 bits per heavy atom. The second-order valence-corrected chi connectivity index (χ2v) is 10.3. The van der Waals surface area contributed by atoms with Gasteiger partial charge in [-0.15, -0.1) is 11.3 Å². The van der Waals surface area contributed by atoms with Gasteiger partial charge in [0.25, 0.3) is 0 Å². The molecule has 8 heteroatoms. The van der Waals surface area contributed by atoms with Gasteiger partial charge in [-0.2, -0.15) is 0 Å². The van der Waals surface area contributed by atoms with Gasteiger partial charge in [0.1, 0.15) is 12.5 Å². The Labute approximate surface area is 203 Å². The van der Waals surface area contributed by atoms with Crippen LogP contribution in [0.4, 0.5) is 4.79 Å². The molecule has 2 aromatic rings. The molecule has 0 radical (unpaired) electrons. The van der Waals surface area contributed by atoms with E-state index in [1.165, 1.54) is 16.0 Å². The first kappa shape index (κ1) is 22.5. The molecule has 34 heavy (non-hydrogen) atoms. The highest BCUT2D eigenvalue weighted by Gasteiger charge is 2.36. The molecule has 2 N–H and O–H groups in total. The maximum atomic E-state index is 12.9. The smallest absolute Gasteiger partial charge is 0.318 e. The van der Waals surface area contributed by atoms with Crippen LogP contribution < -0.4 is 21.1 Å². The average molecular weight is 475 g/mol. The van der Waals surface area contributed by atoms with Crippen LogP contribution in [0.25, 0.3) is 11.6 Å². The van der Waals surface area contributed by atoms with Crippen LogP contribution in [0.1, 0.15) is 35.3 Å². The first-order valence-corrected chi connectivity index (χ1v) is 12.6. The third-order valence-electron chi connectivity index (χ3n) is 6.58. The number of hydrogen-bond donors (Lipinski definition) is 2. The van der Waals surface area contributed by atoms with E-state index < -0.39 is 0 Å². The molecule has 3 heterocycles. The molecule has 1 aromatic carbocycles. The molecule has 1 aliphatic carbocycles. The van der Waals surface area contributed by atoms with Crippen LogP contribution in [0, 0.1) is 19.8 Å². The van der Waals surface area contributed by atoms with Gasteiger partial charge in [0, 0.05) is 22.8 Å². The molecule has 5 rings (SSSR count). The number of carbonyl (C=O) groups is 1. The molecule has 3 aliphatic rings. The predicted molar refractivity (Wildman–Crippen MR) is 138 cm³/mol. The van der Waals surface area contributed by atoms with Crippen LogP contribution in [0.5, 0.6) is 0 Å². The van der Waals surface area contributed by atoms with Crippen LogP contribution in [-0.2, 0) is 6.54 Å². The number of urea groups is 1. The van der Waals surface area contributed by atoms with Crippen molar-refractivity contribution < 1.29 is 4.79 Å². The summed E-state index contributed by atoms with van der Waals surface area (Å²) in [6.45, 7) is 8.20. The fourth-order valence-electron chi connectivity index (χ4n) is 4.75. The number of aromatic nitrogens is 1. The second kappa shape index (κ2) is 9.54. The summed E-state index contributed by atoms with van der Waals surface area (Å²) in [5, 5.41) is 10.2. The zero-order valence-electron chi connectivity index (χ0n) is 19.9. The van der Waals surface area contributed by atoms with Crippen molar-refractivity contribution in [3.63, 3.8) is 0 Å². The van der Waals surface area contributed by atoms with E-state index in [0.29, 0.717) is 26.3 Å². The Balaban J connectivity index is 1.28. The summed E-state index contributed by atoms with van der Waals surface area (Å²) in [6.07, 6.45) is 6.45. The molecule has 0 spiro atoms. The number of thiazole rings is 1. The van der Waals surface area contributed by atoms with Crippen molar-refractivity contribution in [2.24, 2.45) is 15.9 Å². The van der Waals surface area contributed by atoms with Crippen molar-refractivity contribution in [3.8, 4) is 0 Å². The van der Waals surface area contributed by atoms with Gasteiger partial charge in [0.15, 0.2) is 0 Å². The SMILES string of the molecule is CC1=c2ccccc2=CC(NC2=NCN=C3CN(C(=O)NCc4sc(C)nc4C)CC32)=CCC1. The molecule has 7 nitrogen and oxygen atoms in total. The third kappa shape index (κ3) is 4.68. The fraction of sp³-hybridized carbons (Fsp3) is 0.385. The number of carbonyl (C=O) groups excluding carboxylic acids is 1. The van der Waals surface area contributed by atoms with Crippen LogP contribution >= 0.6 is 11.3 Å². The van der Waals surface area contributed by atoms with Crippen LogP contribution in [0.3, 0.4) is 0 Å². The summed E-state index contributed by atoms with van der Waals surface area (Å²) in [7, 11) is 0. The van der Waals surface area contributed by atoms with Crippen LogP contribution in [0.15, 0.2) is 46.0 Å². The number of amides is 2. The summed E-state index contributed by atoms with van der Waals surface area (Å²) < 4.78 is 0. The predicted octanol–water partition coefficient (Wildman–Crippen LogP) is 2.63. The van der Waals surface area contributed by atoms with Gasteiger partial charge < -0.3 is 15.5 Å². The normalized spacial score (nSPS) is 19.6. The van der Waals surface area contributed by atoms with E-state index in [1.54, 1.807) is 11.3 Å². The van der Waals surface area contributed by atoms with Crippen molar-refractivity contribution in [1.29, 1.82) is 0 Å². The Morgan fingerprint density at radius 2 is 2.06 bits per heavy atom. The van der Waals surface area contributed by atoms with Crippen molar-refractivity contribution in [2.45, 2.75) is 40.2 Å². The monoisotopic (exact) mass is 474 g/mol. The Morgan fingerprint density at radius 1 is 1.21 bits per heavy atom. The highest BCUT2D eigenvalue weighted by atomic mass is 32.1. The second-order valence-electron chi connectivity index (χ2n) is 9.00. The molecule has 1 unspecified atom stereocenters. The van der Waals surface area contributed by atoms with Gasteiger partial charge in [-0.3, -0.25) is 4.99 Å². The molecule has 1 aromatic heterocycles. The molecule has 2 aliphatic heterocycles. The number of benzene rings is 1. The zero-order valence-corrected chi connectivity index (χ0v) is 20.7. The molecule has 1 saturated heterocycles. The van der Waals surface area contributed by atoms with Crippen molar-refractivity contribution in [2.75, 3.05) is 19.8 Å². The van der Waals surface area contributed by atoms with E-state index in [1.807, 2.05) is 18.7 Å². The lowest BCUT2D eigenvalue weighted by Crippen LogP contribution is -2.40. The van der Waals surface area contributed by atoms with Crippen LogP contribution in [-0.4, -0.2) is 47.2 Å². The van der Waals surface area contributed by atoms with E-state index in [0.717, 1.165) is 45.7 Å². The van der Waals surface area contributed by atoms with E-state index in [2.05, 4.69) is 68.9 Å². The summed E-state index contributed by atoms with van der Waals surface area (Å²) >= 11 is 1.63. The van der Waals surface area contributed by atoms with Crippen molar-refractivity contribution >= 4 is 40.6 Å². The minimum atomic E-state index is -0.0708. The van der Waals surface area contributed by atoms with Crippen LogP contribution in [0.2, 0.25) is 0 Å². The number of nitrogens with zero attached hydrogens (tertiary/aromatic N) is 4. The number of rotatable bonds is 3. The number of amidine groups is 1. The summed E-state index contributed by atoms with van der Waals surface area (Å²) in [5.41, 5.74) is 4.47. The quantitative estimate of drug-likeness (QED) is 0.718. The molecular formula is C26H30N6OS. The van der Waals surface area contributed by atoms with Gasteiger partial charge >= 0.3 is 6.03 Å². The maximum absolute atomic E-state index is 12.9. The van der Waals surface area contributed by atoms with E-state index in [9.17, 15) is 4.79 Å². The standard InChI is InChI=1S/C26H30N6OS/c1-16-7-6-9-20(11-19-8-4-5-10-21(16)19)31-25-22-13-32(14-23(22)28-15-29-25)26(33)27-12-24-17(2)30-18(3)34-24/h4-5,8-11,22H,6-7,12-15H2,1-3H3,(H,27,33)(H,29,31). The number of likely N-dealkylation sites (tertiary alicyclic amines) is 1. The Kier molecular flexibility index (Phi) is 6.32. The average Bonchev–Trinajstić information content (AvgIpc) is 3.39. The van der Waals surface area contributed by atoms with Gasteiger partial charge in [0.05, 0.1) is 29.7 Å². The van der Waals surface area contributed by atoms with E-state index in [-0.39, 0.29) is 11.9 Å². The number of hydrogen-bond acceptors (Lipinski definition) is 6. The largest absolute Gasteiger partial charge is 0.344 e. The van der Waals surface area contributed by atoms with Crippen molar-refractivity contribution in [1.82, 2.24) is 20.5 Å². The van der Waals surface area contributed by atoms with Gasteiger partial charge in [-0.25, -0.2) is 14.8 Å². The number of aryl methyl sites for hydroxylation is 2. The topological polar surface area (TPSA) is 82.0 Å². The lowest BCUT2D eigenvalue weighted by atomic mass is 10.0.